The van der Waals surface area contributed by atoms with E-state index in [0.717, 1.165) is 5.56 Å². The Morgan fingerprint density at radius 2 is 1.75 bits per heavy atom. The van der Waals surface area contributed by atoms with Crippen LogP contribution in [0.15, 0.2) is 29.2 Å². The van der Waals surface area contributed by atoms with Crippen molar-refractivity contribution in [3.63, 3.8) is 0 Å². The molecule has 0 saturated heterocycles. The molecule has 0 amide bonds. The number of nitrogens with one attached hydrogen (secondary N) is 1. The van der Waals surface area contributed by atoms with Crippen LogP contribution in [0.4, 0.5) is 0 Å². The minimum atomic E-state index is -3.53. The Morgan fingerprint density at radius 3 is 2.15 bits per heavy atom. The predicted octanol–water partition coefficient (Wildman–Crippen LogP) is 2.92. The van der Waals surface area contributed by atoms with Gasteiger partial charge in [0.1, 0.15) is 0 Å². The molecule has 0 aliphatic rings. The first-order valence-corrected chi connectivity index (χ1v) is 9.12. The van der Waals surface area contributed by atoms with Crippen molar-refractivity contribution >= 4 is 26.0 Å². The van der Waals surface area contributed by atoms with Crippen LogP contribution in [0.1, 0.15) is 26.3 Å². The molecule has 1 aromatic rings. The Balaban J connectivity index is 2.97. The van der Waals surface area contributed by atoms with E-state index in [2.05, 4.69) is 20.7 Å². The van der Waals surface area contributed by atoms with Gasteiger partial charge in [-0.05, 0) is 30.5 Å². The maximum absolute atomic E-state index is 12.4. The van der Waals surface area contributed by atoms with Crippen molar-refractivity contribution in [2.24, 2.45) is 5.92 Å². The summed E-state index contributed by atoms with van der Waals surface area (Å²) in [5, 5.41) is 0.704. The quantitative estimate of drug-likeness (QED) is 0.757. The summed E-state index contributed by atoms with van der Waals surface area (Å²) < 4.78 is 32.8. The number of hydrogen-bond donors (Lipinski definition) is 1. The van der Waals surface area contributed by atoms with Gasteiger partial charge in [-0.15, -0.1) is 0 Å². The lowest BCUT2D eigenvalue weighted by Gasteiger charge is -2.27. The van der Waals surface area contributed by atoms with E-state index in [9.17, 15) is 8.42 Å². The average molecular weight is 364 g/mol. The van der Waals surface area contributed by atoms with Gasteiger partial charge < -0.3 is 4.74 Å². The predicted molar refractivity (Wildman–Crippen MR) is 84.5 cm³/mol. The Hall–Kier alpha value is -0.430. The molecule has 0 bridgehead atoms. The van der Waals surface area contributed by atoms with Gasteiger partial charge in [-0.3, -0.25) is 0 Å². The van der Waals surface area contributed by atoms with Gasteiger partial charge in [0.15, 0.2) is 0 Å². The highest BCUT2D eigenvalue weighted by atomic mass is 79.9. The Bertz CT molecular complexity index is 514. The zero-order chi connectivity index (χ0) is 15.3. The van der Waals surface area contributed by atoms with E-state index in [1.165, 1.54) is 0 Å². The van der Waals surface area contributed by atoms with Gasteiger partial charge in [0.05, 0.1) is 17.0 Å². The highest BCUT2D eigenvalue weighted by molar-refractivity contribution is 9.08. The fourth-order valence-electron chi connectivity index (χ4n) is 1.93. The minimum Gasteiger partial charge on any atom is -0.380 e. The van der Waals surface area contributed by atoms with Crippen LogP contribution in [-0.2, 0) is 20.1 Å². The van der Waals surface area contributed by atoms with Crippen LogP contribution in [0.25, 0.3) is 0 Å². The van der Waals surface area contributed by atoms with Crippen LogP contribution >= 0.6 is 15.9 Å². The molecule has 0 spiro atoms. The molecule has 0 saturated carbocycles. The molecule has 6 heteroatoms. The minimum absolute atomic E-state index is 0.140. The van der Waals surface area contributed by atoms with E-state index in [1.54, 1.807) is 31.4 Å². The summed E-state index contributed by atoms with van der Waals surface area (Å²) in [5.41, 5.74) is 1.04. The maximum atomic E-state index is 12.4. The maximum Gasteiger partial charge on any atom is 0.240 e. The van der Waals surface area contributed by atoms with Crippen LogP contribution in [0.5, 0.6) is 0 Å². The standard InChI is InChI=1S/C14H22BrNO3S/c1-10(2)14(11(3)19-4)16-20(17,18)13-7-5-12(9-15)6-8-13/h5-8,10-11,14,16H,9H2,1-4H3. The van der Waals surface area contributed by atoms with E-state index >= 15 is 0 Å². The molecule has 1 N–H and O–H groups in total. The van der Waals surface area contributed by atoms with Crippen molar-refractivity contribution in [2.45, 2.75) is 43.1 Å². The van der Waals surface area contributed by atoms with Crippen LogP contribution in [-0.4, -0.2) is 27.7 Å². The molecule has 0 aromatic heterocycles. The summed E-state index contributed by atoms with van der Waals surface area (Å²) in [4.78, 5) is 0.274. The summed E-state index contributed by atoms with van der Waals surface area (Å²) in [6.07, 6.45) is -0.188. The molecular weight excluding hydrogens is 342 g/mol. The van der Waals surface area contributed by atoms with Crippen LogP contribution in [0.3, 0.4) is 0 Å². The molecule has 2 unspecified atom stereocenters. The molecule has 0 aliphatic carbocycles. The van der Waals surface area contributed by atoms with Gasteiger partial charge in [0.25, 0.3) is 0 Å². The Kier molecular flexibility index (Phi) is 6.64. The Labute approximate surface area is 130 Å². The molecule has 0 aliphatic heterocycles. The van der Waals surface area contributed by atoms with Gasteiger partial charge in [-0.1, -0.05) is 41.9 Å². The topological polar surface area (TPSA) is 55.4 Å². The van der Waals surface area contributed by atoms with Crippen LogP contribution < -0.4 is 4.72 Å². The highest BCUT2D eigenvalue weighted by Gasteiger charge is 2.26. The summed E-state index contributed by atoms with van der Waals surface area (Å²) in [5.74, 6) is 0.140. The molecule has 1 aromatic carbocycles. The molecule has 0 fully saturated rings. The van der Waals surface area contributed by atoms with E-state index in [1.807, 2.05) is 20.8 Å². The van der Waals surface area contributed by atoms with Crippen molar-refractivity contribution in [1.29, 1.82) is 0 Å². The van der Waals surface area contributed by atoms with E-state index in [0.29, 0.717) is 5.33 Å². The van der Waals surface area contributed by atoms with Gasteiger partial charge in [-0.2, -0.15) is 0 Å². The summed E-state index contributed by atoms with van der Waals surface area (Å²) in [6, 6.07) is 6.57. The van der Waals surface area contributed by atoms with Gasteiger partial charge in [0, 0.05) is 12.4 Å². The number of methoxy groups -OCH3 is 1. The second kappa shape index (κ2) is 7.54. The third-order valence-corrected chi connectivity index (χ3v) is 5.40. The third kappa shape index (κ3) is 4.55. The van der Waals surface area contributed by atoms with E-state index in [-0.39, 0.29) is 23.0 Å². The largest absolute Gasteiger partial charge is 0.380 e. The molecule has 2 atom stereocenters. The lowest BCUT2D eigenvalue weighted by Crippen LogP contribution is -2.46. The summed E-state index contributed by atoms with van der Waals surface area (Å²) >= 11 is 3.34. The summed E-state index contributed by atoms with van der Waals surface area (Å²) in [6.45, 7) is 5.80. The van der Waals surface area contributed by atoms with Gasteiger partial charge in [-0.25, -0.2) is 13.1 Å². The van der Waals surface area contributed by atoms with Crippen molar-refractivity contribution in [3.8, 4) is 0 Å². The molecule has 4 nitrogen and oxygen atoms in total. The number of sulfonamides is 1. The number of rotatable bonds is 7. The van der Waals surface area contributed by atoms with Crippen molar-refractivity contribution in [1.82, 2.24) is 4.72 Å². The summed E-state index contributed by atoms with van der Waals surface area (Å²) in [7, 11) is -1.95. The normalized spacial score (nSPS) is 15.3. The molecule has 0 radical (unpaired) electrons. The number of benzene rings is 1. The first-order chi connectivity index (χ1) is 9.31. The van der Waals surface area contributed by atoms with Crippen LogP contribution in [0.2, 0.25) is 0 Å². The number of ether oxygens (including phenoxy) is 1. The molecular formula is C14H22BrNO3S. The van der Waals surface area contributed by atoms with Crippen molar-refractivity contribution < 1.29 is 13.2 Å². The van der Waals surface area contributed by atoms with Crippen LogP contribution in [0, 0.1) is 5.92 Å². The fourth-order valence-corrected chi connectivity index (χ4v) is 3.75. The molecule has 114 valence electrons. The SMILES string of the molecule is COC(C)C(NS(=O)(=O)c1ccc(CBr)cc1)C(C)C. The molecule has 20 heavy (non-hydrogen) atoms. The van der Waals surface area contributed by atoms with Crippen molar-refractivity contribution in [2.75, 3.05) is 7.11 Å². The average Bonchev–Trinajstić information content (AvgIpc) is 2.43. The second-order valence-electron chi connectivity index (χ2n) is 5.11. The highest BCUT2D eigenvalue weighted by Crippen LogP contribution is 2.16. The van der Waals surface area contributed by atoms with E-state index in [4.69, 9.17) is 4.74 Å². The molecule has 1 rings (SSSR count). The second-order valence-corrected chi connectivity index (χ2v) is 7.38. The fraction of sp³-hybridized carbons (Fsp3) is 0.571. The first kappa shape index (κ1) is 17.6. The monoisotopic (exact) mass is 363 g/mol. The van der Waals surface area contributed by atoms with Gasteiger partial charge >= 0.3 is 0 Å². The number of alkyl halides is 1. The van der Waals surface area contributed by atoms with E-state index < -0.39 is 10.0 Å². The number of hydrogen-bond acceptors (Lipinski definition) is 3. The molecule has 0 heterocycles. The smallest absolute Gasteiger partial charge is 0.240 e. The lowest BCUT2D eigenvalue weighted by atomic mass is 10.0. The Morgan fingerprint density at radius 1 is 1.20 bits per heavy atom. The van der Waals surface area contributed by atoms with Gasteiger partial charge in [0.2, 0.25) is 10.0 Å². The lowest BCUT2D eigenvalue weighted by molar-refractivity contribution is 0.0755. The van der Waals surface area contributed by atoms with Crippen molar-refractivity contribution in [3.05, 3.63) is 29.8 Å². The number of halogens is 1. The zero-order valence-electron chi connectivity index (χ0n) is 12.3. The first-order valence-electron chi connectivity index (χ1n) is 6.52. The third-order valence-electron chi connectivity index (χ3n) is 3.27. The zero-order valence-corrected chi connectivity index (χ0v) is 14.7.